The summed E-state index contributed by atoms with van der Waals surface area (Å²) in [6.07, 6.45) is 5.35. The second-order valence-corrected chi connectivity index (χ2v) is 3.81. The number of methoxy groups -OCH3 is 1. The third-order valence-corrected chi connectivity index (χ3v) is 2.96. The lowest BCUT2D eigenvalue weighted by atomic mass is 10.0. The van der Waals surface area contributed by atoms with Crippen molar-refractivity contribution in [3.63, 3.8) is 0 Å². The zero-order chi connectivity index (χ0) is 10.3. The number of allylic oxidation sites excluding steroid dienone is 1. The van der Waals surface area contributed by atoms with E-state index in [0.29, 0.717) is 0 Å². The van der Waals surface area contributed by atoms with Crippen molar-refractivity contribution in [3.05, 3.63) is 47.5 Å². The Morgan fingerprint density at radius 2 is 2.07 bits per heavy atom. The van der Waals surface area contributed by atoms with Gasteiger partial charge in [-0.2, -0.15) is 0 Å². The molecule has 1 nitrogen and oxygen atoms in total. The number of rotatable bonds is 1. The summed E-state index contributed by atoms with van der Waals surface area (Å²) in [5.74, 6) is 1.04. The zero-order valence-electron chi connectivity index (χ0n) is 8.66. The summed E-state index contributed by atoms with van der Waals surface area (Å²) < 4.78 is 5.53. The van der Waals surface area contributed by atoms with Gasteiger partial charge in [-0.15, -0.1) is 0 Å². The predicted octanol–water partition coefficient (Wildman–Crippen LogP) is 3.42. The molecule has 0 saturated heterocycles. The number of benzene rings is 2. The summed E-state index contributed by atoms with van der Waals surface area (Å²) in [6.45, 7) is 0. The van der Waals surface area contributed by atoms with Crippen LogP contribution in [0.5, 0.6) is 5.75 Å². The molecule has 0 saturated carbocycles. The summed E-state index contributed by atoms with van der Waals surface area (Å²) in [5.41, 5.74) is 2.61. The van der Waals surface area contributed by atoms with Crippen molar-refractivity contribution in [3.8, 4) is 5.75 Å². The van der Waals surface area contributed by atoms with Crippen molar-refractivity contribution < 1.29 is 4.74 Å². The number of fused-ring (bicyclic) bond motifs is 2. The summed E-state index contributed by atoms with van der Waals surface area (Å²) in [4.78, 5) is 0. The molecular weight excluding hydrogens is 184 g/mol. The normalized spacial score (nSPS) is 13.1. The van der Waals surface area contributed by atoms with Crippen LogP contribution in [-0.2, 0) is 6.42 Å². The lowest BCUT2D eigenvalue weighted by Gasteiger charge is -2.11. The van der Waals surface area contributed by atoms with E-state index in [2.05, 4.69) is 42.5 Å². The van der Waals surface area contributed by atoms with Crippen LogP contribution >= 0.6 is 0 Å². The zero-order valence-corrected chi connectivity index (χ0v) is 8.66. The highest BCUT2D eigenvalue weighted by Crippen LogP contribution is 2.36. The minimum atomic E-state index is 0.989. The van der Waals surface area contributed by atoms with Gasteiger partial charge in [0, 0.05) is 10.9 Å². The average molecular weight is 196 g/mol. The van der Waals surface area contributed by atoms with E-state index < -0.39 is 0 Å². The Balaban J connectivity index is 2.44. The van der Waals surface area contributed by atoms with Gasteiger partial charge in [-0.25, -0.2) is 0 Å². The molecule has 0 atom stereocenters. The van der Waals surface area contributed by atoms with Crippen molar-refractivity contribution in [2.75, 3.05) is 7.11 Å². The van der Waals surface area contributed by atoms with Gasteiger partial charge in [0.2, 0.25) is 0 Å². The fourth-order valence-corrected chi connectivity index (χ4v) is 2.27. The van der Waals surface area contributed by atoms with E-state index in [1.54, 1.807) is 7.11 Å². The maximum absolute atomic E-state index is 5.53. The quantitative estimate of drug-likeness (QED) is 0.679. The van der Waals surface area contributed by atoms with Crippen LogP contribution in [0.15, 0.2) is 36.4 Å². The molecule has 0 radical (unpaired) electrons. The average Bonchev–Trinajstić information content (AvgIpc) is 2.73. The Kier molecular flexibility index (Phi) is 1.78. The molecule has 0 aliphatic heterocycles. The maximum Gasteiger partial charge on any atom is 0.130 e. The Bertz CT molecular complexity index is 553. The van der Waals surface area contributed by atoms with Crippen molar-refractivity contribution in [1.82, 2.24) is 0 Å². The van der Waals surface area contributed by atoms with Gasteiger partial charge < -0.3 is 4.74 Å². The first-order valence-electron chi connectivity index (χ1n) is 5.15. The van der Waals surface area contributed by atoms with Crippen LogP contribution in [0.4, 0.5) is 0 Å². The smallest absolute Gasteiger partial charge is 0.130 e. The number of hydrogen-bond acceptors (Lipinski definition) is 1. The fraction of sp³-hybridized carbons (Fsp3) is 0.143. The van der Waals surface area contributed by atoms with Crippen LogP contribution in [0.25, 0.3) is 16.8 Å². The minimum Gasteiger partial charge on any atom is -0.496 e. The summed E-state index contributed by atoms with van der Waals surface area (Å²) in [5, 5.41) is 2.46. The van der Waals surface area contributed by atoms with Crippen molar-refractivity contribution >= 4 is 16.8 Å². The topological polar surface area (TPSA) is 9.23 Å². The standard InChI is InChI=1S/C14H12O/c1-15-14-12-7-3-2-5-10(12)9-11-6-4-8-13(11)14/h2-7,9H,8H2,1H3. The Morgan fingerprint density at radius 1 is 1.20 bits per heavy atom. The van der Waals surface area contributed by atoms with Gasteiger partial charge in [-0.3, -0.25) is 0 Å². The molecule has 1 heteroatoms. The predicted molar refractivity (Wildman–Crippen MR) is 63.2 cm³/mol. The van der Waals surface area contributed by atoms with Gasteiger partial charge in [0.1, 0.15) is 5.75 Å². The van der Waals surface area contributed by atoms with Crippen molar-refractivity contribution in [2.24, 2.45) is 0 Å². The van der Waals surface area contributed by atoms with Crippen LogP contribution in [0.2, 0.25) is 0 Å². The third kappa shape index (κ3) is 1.16. The Hall–Kier alpha value is -1.76. The Labute approximate surface area is 89.0 Å². The van der Waals surface area contributed by atoms with E-state index in [1.165, 1.54) is 21.9 Å². The van der Waals surface area contributed by atoms with Crippen LogP contribution < -0.4 is 4.74 Å². The van der Waals surface area contributed by atoms with Gasteiger partial charge in [0.15, 0.2) is 0 Å². The van der Waals surface area contributed by atoms with E-state index in [4.69, 9.17) is 4.74 Å². The first-order valence-corrected chi connectivity index (χ1v) is 5.15. The van der Waals surface area contributed by atoms with Gasteiger partial charge in [0.05, 0.1) is 7.11 Å². The monoisotopic (exact) mass is 196 g/mol. The number of hydrogen-bond donors (Lipinski definition) is 0. The molecule has 15 heavy (non-hydrogen) atoms. The largest absolute Gasteiger partial charge is 0.496 e. The van der Waals surface area contributed by atoms with Crippen LogP contribution in [0, 0.1) is 0 Å². The SMILES string of the molecule is COc1c2c(cc3ccccc13)C=CC2. The molecule has 1 aliphatic carbocycles. The number of ether oxygens (including phenoxy) is 1. The molecule has 1 aliphatic rings. The molecule has 0 heterocycles. The first-order chi connectivity index (χ1) is 7.40. The molecule has 2 aromatic carbocycles. The van der Waals surface area contributed by atoms with Crippen molar-refractivity contribution in [1.29, 1.82) is 0 Å². The van der Waals surface area contributed by atoms with E-state index in [9.17, 15) is 0 Å². The first kappa shape index (κ1) is 8.54. The second-order valence-electron chi connectivity index (χ2n) is 3.81. The molecule has 3 rings (SSSR count). The summed E-state index contributed by atoms with van der Waals surface area (Å²) >= 11 is 0. The second kappa shape index (κ2) is 3.13. The lowest BCUT2D eigenvalue weighted by molar-refractivity contribution is 0.416. The van der Waals surface area contributed by atoms with E-state index in [0.717, 1.165) is 12.2 Å². The molecular formula is C14H12O. The molecule has 0 bridgehead atoms. The Morgan fingerprint density at radius 3 is 2.93 bits per heavy atom. The van der Waals surface area contributed by atoms with Gasteiger partial charge in [-0.1, -0.05) is 36.4 Å². The minimum absolute atomic E-state index is 0.989. The van der Waals surface area contributed by atoms with E-state index in [-0.39, 0.29) is 0 Å². The molecule has 0 aromatic heterocycles. The molecule has 0 unspecified atom stereocenters. The highest BCUT2D eigenvalue weighted by molar-refractivity contribution is 5.93. The molecule has 0 amide bonds. The van der Waals surface area contributed by atoms with Gasteiger partial charge >= 0.3 is 0 Å². The fourth-order valence-electron chi connectivity index (χ4n) is 2.27. The maximum atomic E-state index is 5.53. The molecule has 2 aromatic rings. The van der Waals surface area contributed by atoms with Crippen LogP contribution in [-0.4, -0.2) is 7.11 Å². The van der Waals surface area contributed by atoms with Gasteiger partial charge in [0.25, 0.3) is 0 Å². The molecule has 74 valence electrons. The molecule has 0 fully saturated rings. The van der Waals surface area contributed by atoms with E-state index >= 15 is 0 Å². The third-order valence-electron chi connectivity index (χ3n) is 2.96. The summed E-state index contributed by atoms with van der Waals surface area (Å²) in [7, 11) is 1.75. The van der Waals surface area contributed by atoms with Crippen LogP contribution in [0.1, 0.15) is 11.1 Å². The lowest BCUT2D eigenvalue weighted by Crippen LogP contribution is -1.92. The van der Waals surface area contributed by atoms with E-state index in [1.807, 2.05) is 0 Å². The molecule has 0 spiro atoms. The highest BCUT2D eigenvalue weighted by atomic mass is 16.5. The summed E-state index contributed by atoms with van der Waals surface area (Å²) in [6, 6.07) is 10.6. The molecule has 0 N–H and O–H groups in total. The van der Waals surface area contributed by atoms with Crippen molar-refractivity contribution in [2.45, 2.75) is 6.42 Å². The van der Waals surface area contributed by atoms with Gasteiger partial charge in [-0.05, 0) is 23.4 Å². The highest BCUT2D eigenvalue weighted by Gasteiger charge is 2.14. The van der Waals surface area contributed by atoms with Crippen LogP contribution in [0.3, 0.4) is 0 Å².